The summed E-state index contributed by atoms with van der Waals surface area (Å²) in [7, 11) is -2.29. The van der Waals surface area contributed by atoms with Crippen LogP contribution in [0.15, 0.2) is 30.3 Å². The average Bonchev–Trinajstić information content (AvgIpc) is 2.66. The SMILES string of the molecule is CCCCCCCCCCCCCC(=O)NC(C[P+](=O)O)c1ccccc1. The van der Waals surface area contributed by atoms with Crippen molar-refractivity contribution in [2.24, 2.45) is 0 Å². The maximum atomic E-state index is 12.2. The van der Waals surface area contributed by atoms with Gasteiger partial charge < -0.3 is 5.32 Å². The number of rotatable bonds is 16. The van der Waals surface area contributed by atoms with Crippen LogP contribution in [0.2, 0.25) is 0 Å². The molecule has 0 saturated heterocycles. The van der Waals surface area contributed by atoms with Gasteiger partial charge in [-0.1, -0.05) is 101 Å². The van der Waals surface area contributed by atoms with Gasteiger partial charge in [-0.05, 0) is 16.5 Å². The van der Waals surface area contributed by atoms with E-state index in [0.717, 1.165) is 18.4 Å². The lowest BCUT2D eigenvalue weighted by Gasteiger charge is -2.14. The third-order valence-electron chi connectivity index (χ3n) is 4.88. The molecule has 0 aromatic heterocycles. The Balaban J connectivity index is 2.12. The smallest absolute Gasteiger partial charge is 0.345 e. The highest BCUT2D eigenvalue weighted by atomic mass is 31.1. The summed E-state index contributed by atoms with van der Waals surface area (Å²) < 4.78 is 11.2. The molecule has 0 aliphatic rings. The molecule has 0 saturated carbocycles. The van der Waals surface area contributed by atoms with Crippen LogP contribution in [-0.2, 0) is 9.36 Å². The number of benzene rings is 1. The van der Waals surface area contributed by atoms with Gasteiger partial charge >= 0.3 is 8.03 Å². The number of unbranched alkanes of at least 4 members (excludes halogenated alkanes) is 10. The summed E-state index contributed by atoms with van der Waals surface area (Å²) >= 11 is 0. The number of hydrogen-bond donors (Lipinski definition) is 2. The zero-order valence-corrected chi connectivity index (χ0v) is 17.8. The van der Waals surface area contributed by atoms with Crippen molar-refractivity contribution in [3.8, 4) is 0 Å². The molecular weight excluding hydrogens is 357 g/mol. The van der Waals surface area contributed by atoms with Crippen molar-refractivity contribution in [3.63, 3.8) is 0 Å². The number of amides is 1. The van der Waals surface area contributed by atoms with Crippen LogP contribution >= 0.6 is 8.03 Å². The predicted molar refractivity (Wildman–Crippen MR) is 113 cm³/mol. The molecule has 152 valence electrons. The minimum Gasteiger partial charge on any atom is -0.345 e. The van der Waals surface area contributed by atoms with Crippen molar-refractivity contribution in [2.45, 2.75) is 90.0 Å². The van der Waals surface area contributed by atoms with Crippen molar-refractivity contribution >= 4 is 13.9 Å². The van der Waals surface area contributed by atoms with E-state index >= 15 is 0 Å². The number of carbonyl (C=O) groups excluding carboxylic acids is 1. The van der Waals surface area contributed by atoms with Gasteiger partial charge in [0.2, 0.25) is 12.1 Å². The fourth-order valence-electron chi connectivity index (χ4n) is 3.29. The van der Waals surface area contributed by atoms with Crippen molar-refractivity contribution in [1.82, 2.24) is 5.32 Å². The van der Waals surface area contributed by atoms with Gasteiger partial charge in [0.05, 0.1) is 0 Å². The molecule has 2 N–H and O–H groups in total. The van der Waals surface area contributed by atoms with Crippen LogP contribution in [0.25, 0.3) is 0 Å². The Kier molecular flexibility index (Phi) is 13.9. The number of carbonyl (C=O) groups is 1. The van der Waals surface area contributed by atoms with E-state index in [1.54, 1.807) is 0 Å². The van der Waals surface area contributed by atoms with E-state index in [0.29, 0.717) is 6.42 Å². The van der Waals surface area contributed by atoms with Crippen LogP contribution in [0, 0.1) is 0 Å². The summed E-state index contributed by atoms with van der Waals surface area (Å²) in [5.74, 6) is -0.0309. The van der Waals surface area contributed by atoms with E-state index in [4.69, 9.17) is 0 Å². The largest absolute Gasteiger partial charge is 0.508 e. The maximum absolute atomic E-state index is 12.2. The minimum atomic E-state index is -2.29. The molecule has 1 aromatic rings. The monoisotopic (exact) mass is 394 g/mol. The molecule has 27 heavy (non-hydrogen) atoms. The molecule has 0 aliphatic carbocycles. The fourth-order valence-corrected chi connectivity index (χ4v) is 3.91. The molecule has 2 atom stereocenters. The van der Waals surface area contributed by atoms with Crippen molar-refractivity contribution in [3.05, 3.63) is 35.9 Å². The molecule has 4 nitrogen and oxygen atoms in total. The summed E-state index contributed by atoms with van der Waals surface area (Å²) in [5, 5.41) is 2.92. The second-order valence-electron chi connectivity index (χ2n) is 7.35. The Labute approximate surface area is 166 Å². The molecule has 1 amide bonds. The Morgan fingerprint density at radius 1 is 0.926 bits per heavy atom. The van der Waals surface area contributed by atoms with Gasteiger partial charge in [0.1, 0.15) is 6.04 Å². The van der Waals surface area contributed by atoms with Crippen LogP contribution in [-0.4, -0.2) is 17.0 Å². The van der Waals surface area contributed by atoms with E-state index in [9.17, 15) is 14.3 Å². The quantitative estimate of drug-likeness (QED) is 0.256. The summed E-state index contributed by atoms with van der Waals surface area (Å²) in [5.41, 5.74) is 0.877. The summed E-state index contributed by atoms with van der Waals surface area (Å²) in [4.78, 5) is 21.4. The number of nitrogens with one attached hydrogen (secondary N) is 1. The fraction of sp³-hybridized carbons (Fsp3) is 0.682. The highest BCUT2D eigenvalue weighted by Gasteiger charge is 2.24. The van der Waals surface area contributed by atoms with E-state index in [1.807, 2.05) is 30.3 Å². The first-order valence-corrected chi connectivity index (χ1v) is 12.0. The van der Waals surface area contributed by atoms with Crippen LogP contribution < -0.4 is 5.32 Å². The minimum absolute atomic E-state index is 0.0309. The molecule has 0 spiro atoms. The maximum Gasteiger partial charge on any atom is 0.508 e. The van der Waals surface area contributed by atoms with Crippen LogP contribution in [0.1, 0.15) is 95.6 Å². The molecule has 0 radical (unpaired) electrons. The lowest BCUT2D eigenvalue weighted by atomic mass is 10.0. The van der Waals surface area contributed by atoms with Crippen LogP contribution in [0.3, 0.4) is 0 Å². The van der Waals surface area contributed by atoms with Gasteiger partial charge in [-0.15, -0.1) is 0 Å². The summed E-state index contributed by atoms with van der Waals surface area (Å²) in [6.07, 6.45) is 14.4. The first-order valence-electron chi connectivity index (χ1n) is 10.6. The zero-order valence-electron chi connectivity index (χ0n) is 16.9. The Morgan fingerprint density at radius 2 is 1.44 bits per heavy atom. The lowest BCUT2D eigenvalue weighted by molar-refractivity contribution is -0.121. The Bertz CT molecular complexity index is 522. The van der Waals surface area contributed by atoms with Gasteiger partial charge in [-0.2, -0.15) is 4.89 Å². The van der Waals surface area contributed by atoms with E-state index < -0.39 is 8.03 Å². The van der Waals surface area contributed by atoms with E-state index in [2.05, 4.69) is 12.2 Å². The molecule has 2 unspecified atom stereocenters. The van der Waals surface area contributed by atoms with Gasteiger partial charge in [0, 0.05) is 6.42 Å². The van der Waals surface area contributed by atoms with Gasteiger partial charge in [0.15, 0.2) is 0 Å². The van der Waals surface area contributed by atoms with E-state index in [1.165, 1.54) is 57.8 Å². The topological polar surface area (TPSA) is 66.4 Å². The van der Waals surface area contributed by atoms with Crippen molar-refractivity contribution < 1.29 is 14.3 Å². The average molecular weight is 395 g/mol. The molecular formula is C22H37NO3P+. The second-order valence-corrected chi connectivity index (χ2v) is 8.42. The van der Waals surface area contributed by atoms with E-state index in [-0.39, 0.29) is 18.1 Å². The van der Waals surface area contributed by atoms with Crippen molar-refractivity contribution in [1.29, 1.82) is 0 Å². The summed E-state index contributed by atoms with van der Waals surface area (Å²) in [6, 6.07) is 9.02. The Hall–Kier alpha value is -1.25. The zero-order chi connectivity index (χ0) is 19.7. The normalized spacial score (nSPS) is 12.6. The second kappa shape index (κ2) is 15.8. The van der Waals surface area contributed by atoms with Crippen LogP contribution in [0.5, 0.6) is 0 Å². The van der Waals surface area contributed by atoms with Crippen LogP contribution in [0.4, 0.5) is 0 Å². The van der Waals surface area contributed by atoms with Gasteiger partial charge in [0.25, 0.3) is 0 Å². The highest BCUT2D eigenvalue weighted by Crippen LogP contribution is 2.24. The number of hydrogen-bond acceptors (Lipinski definition) is 2. The molecule has 0 aliphatic heterocycles. The molecule has 0 bridgehead atoms. The molecule has 0 heterocycles. The lowest BCUT2D eigenvalue weighted by Crippen LogP contribution is -2.29. The first kappa shape index (κ1) is 23.8. The first-order chi connectivity index (χ1) is 13.1. The molecule has 1 rings (SSSR count). The standard InChI is InChI=1S/C22H36NO3P/c1-2-3-4-5-6-7-8-9-10-11-15-18-22(24)23-21(19-27(25)26)20-16-13-12-14-17-20/h12-14,16-17,21H,2-11,15,18-19H2,1H3,(H-,23,24,25,26)/p+1. The highest BCUT2D eigenvalue weighted by molar-refractivity contribution is 7.38. The van der Waals surface area contributed by atoms with Gasteiger partial charge in [-0.3, -0.25) is 4.79 Å². The third-order valence-corrected chi connectivity index (χ3v) is 5.56. The third kappa shape index (κ3) is 12.7. The predicted octanol–water partition coefficient (Wildman–Crippen LogP) is 6.28. The van der Waals surface area contributed by atoms with Crippen molar-refractivity contribution in [2.75, 3.05) is 6.16 Å². The Morgan fingerprint density at radius 3 is 1.96 bits per heavy atom. The summed E-state index contributed by atoms with van der Waals surface area (Å²) in [6.45, 7) is 2.25. The van der Waals surface area contributed by atoms with Gasteiger partial charge in [-0.25, -0.2) is 0 Å². The molecule has 0 fully saturated rings. The molecule has 5 heteroatoms. The molecule has 1 aromatic carbocycles.